The van der Waals surface area contributed by atoms with E-state index in [9.17, 15) is 26.4 Å². The van der Waals surface area contributed by atoms with Crippen LogP contribution in [0.5, 0.6) is 0 Å². The third-order valence-electron chi connectivity index (χ3n) is 6.29. The van der Waals surface area contributed by atoms with Crippen molar-refractivity contribution in [3.05, 3.63) is 116 Å². The maximum absolute atomic E-state index is 12.5. The van der Waals surface area contributed by atoms with Crippen molar-refractivity contribution in [1.29, 1.82) is 0 Å². The van der Waals surface area contributed by atoms with Gasteiger partial charge in [-0.05, 0) is 74.5 Å². The molecule has 4 aromatic rings. The summed E-state index contributed by atoms with van der Waals surface area (Å²) in [5, 5.41) is 2.13. The second-order valence-corrected chi connectivity index (χ2v) is 16.4. The molecule has 0 saturated heterocycles. The van der Waals surface area contributed by atoms with Gasteiger partial charge in [0.15, 0.2) is 0 Å². The van der Waals surface area contributed by atoms with E-state index in [0.717, 1.165) is 5.69 Å². The second-order valence-electron chi connectivity index (χ2n) is 9.89. The SMILES string of the molecule is CCS(=O)(=O)N(Cc1ccc(C(=O)OC)cn1)c1cc(Cl)cc(Cl)c1.CCS(=O)(=O)Nc1cc(Cl)cc(Cl)c1.COC(=O)c1ccc(CBr)nc1. The maximum Gasteiger partial charge on any atom is 0.339 e. The first kappa shape index (κ1) is 44.0. The van der Waals surface area contributed by atoms with Gasteiger partial charge in [0.25, 0.3) is 0 Å². The van der Waals surface area contributed by atoms with Crippen molar-refractivity contribution in [3.8, 4) is 0 Å². The number of nitrogens with zero attached hydrogens (tertiary/aromatic N) is 3. The Labute approximate surface area is 325 Å². The van der Waals surface area contributed by atoms with Gasteiger partial charge in [-0.15, -0.1) is 0 Å². The van der Waals surface area contributed by atoms with Gasteiger partial charge in [-0.2, -0.15) is 0 Å². The predicted octanol–water partition coefficient (Wildman–Crippen LogP) is 8.05. The number of aromatic nitrogens is 2. The van der Waals surface area contributed by atoms with Crippen LogP contribution >= 0.6 is 62.3 Å². The zero-order valence-electron chi connectivity index (χ0n) is 27.6. The minimum atomic E-state index is -3.59. The van der Waals surface area contributed by atoms with Crippen molar-refractivity contribution in [2.45, 2.75) is 25.7 Å². The molecule has 4 rings (SSSR count). The molecule has 0 aliphatic rings. The molecule has 0 spiro atoms. The van der Waals surface area contributed by atoms with Crippen LogP contribution in [0.1, 0.15) is 46.0 Å². The number of benzene rings is 2. The molecule has 0 amide bonds. The number of hydrogen-bond acceptors (Lipinski definition) is 10. The third kappa shape index (κ3) is 14.8. The number of ether oxygens (including phenoxy) is 2. The lowest BCUT2D eigenvalue weighted by Gasteiger charge is -2.24. The summed E-state index contributed by atoms with van der Waals surface area (Å²) in [6.45, 7) is 3.07. The average molecular weight is 887 g/mol. The first-order valence-corrected chi connectivity index (χ1v) is 20.4. The van der Waals surface area contributed by atoms with Crippen LogP contribution in [0.2, 0.25) is 20.1 Å². The molecule has 12 nitrogen and oxygen atoms in total. The van der Waals surface area contributed by atoms with Crippen LogP contribution < -0.4 is 9.03 Å². The van der Waals surface area contributed by atoms with E-state index in [4.69, 9.17) is 46.4 Å². The smallest absolute Gasteiger partial charge is 0.339 e. The van der Waals surface area contributed by atoms with Crippen molar-refractivity contribution in [1.82, 2.24) is 9.97 Å². The minimum absolute atomic E-state index is 0.0110. The maximum atomic E-state index is 12.5. The molecule has 0 fully saturated rings. The molecule has 19 heteroatoms. The van der Waals surface area contributed by atoms with E-state index >= 15 is 0 Å². The van der Waals surface area contributed by atoms with Gasteiger partial charge in [0.2, 0.25) is 20.0 Å². The van der Waals surface area contributed by atoms with Crippen molar-refractivity contribution in [2.75, 3.05) is 34.8 Å². The number of pyridine rings is 2. The van der Waals surface area contributed by atoms with Crippen LogP contribution in [0.25, 0.3) is 0 Å². The van der Waals surface area contributed by atoms with E-state index < -0.39 is 26.0 Å². The molecule has 0 atom stereocenters. The summed E-state index contributed by atoms with van der Waals surface area (Å²) < 4.78 is 60.0. The number of halogens is 5. The Kier molecular flexibility index (Phi) is 17.9. The van der Waals surface area contributed by atoms with Gasteiger partial charge in [0.05, 0.1) is 66.2 Å². The minimum Gasteiger partial charge on any atom is -0.465 e. The zero-order valence-corrected chi connectivity index (χ0v) is 33.8. The van der Waals surface area contributed by atoms with Gasteiger partial charge in [0.1, 0.15) is 0 Å². The number of rotatable bonds is 11. The lowest BCUT2D eigenvalue weighted by molar-refractivity contribution is 0.0591. The van der Waals surface area contributed by atoms with E-state index in [0.29, 0.717) is 48.1 Å². The van der Waals surface area contributed by atoms with Crippen LogP contribution in [0.3, 0.4) is 0 Å². The van der Waals surface area contributed by atoms with Crippen molar-refractivity contribution < 1.29 is 35.9 Å². The summed E-state index contributed by atoms with van der Waals surface area (Å²) in [5.74, 6) is -0.962. The first-order valence-electron chi connectivity index (χ1n) is 14.5. The topological polar surface area (TPSA) is 162 Å². The normalized spacial score (nSPS) is 10.8. The van der Waals surface area contributed by atoms with E-state index in [1.807, 2.05) is 0 Å². The van der Waals surface area contributed by atoms with Crippen LogP contribution in [-0.2, 0) is 41.4 Å². The zero-order chi connectivity index (χ0) is 38.4. The lowest BCUT2D eigenvalue weighted by Crippen LogP contribution is -2.32. The highest BCUT2D eigenvalue weighted by Crippen LogP contribution is 2.29. The van der Waals surface area contributed by atoms with Gasteiger partial charge < -0.3 is 9.47 Å². The van der Waals surface area contributed by atoms with E-state index in [1.54, 1.807) is 32.0 Å². The number of anilines is 2. The lowest BCUT2D eigenvalue weighted by atomic mass is 10.2. The summed E-state index contributed by atoms with van der Waals surface area (Å²) in [5.41, 5.74) is 2.83. The molecule has 0 unspecified atom stereocenters. The Hall–Kier alpha value is -3.18. The van der Waals surface area contributed by atoms with Crippen LogP contribution in [0.15, 0.2) is 73.1 Å². The van der Waals surface area contributed by atoms with Crippen LogP contribution in [0, 0.1) is 0 Å². The molecule has 2 aromatic heterocycles. The Morgan fingerprint density at radius 1 is 0.725 bits per heavy atom. The van der Waals surface area contributed by atoms with Gasteiger partial charge in [0, 0.05) is 37.8 Å². The average Bonchev–Trinajstić information content (AvgIpc) is 3.09. The first-order chi connectivity index (χ1) is 24.0. The number of sulfonamides is 2. The third-order valence-corrected chi connectivity index (χ3v) is 10.8. The summed E-state index contributed by atoms with van der Waals surface area (Å²) in [7, 11) is -4.24. The van der Waals surface area contributed by atoms with Gasteiger partial charge >= 0.3 is 11.9 Å². The van der Waals surface area contributed by atoms with Gasteiger partial charge in [-0.3, -0.25) is 19.0 Å². The second kappa shape index (κ2) is 20.8. The number of carbonyl (C=O) groups excluding carboxylic acids is 2. The fraction of sp³-hybridized carbons (Fsp3) is 0.250. The number of carbonyl (C=O) groups is 2. The van der Waals surface area contributed by atoms with E-state index in [1.165, 1.54) is 73.4 Å². The summed E-state index contributed by atoms with van der Waals surface area (Å²) in [6.07, 6.45) is 2.84. The Bertz CT molecular complexity index is 1970. The fourth-order valence-corrected chi connectivity index (χ4v) is 6.76. The summed E-state index contributed by atoms with van der Waals surface area (Å²) in [6, 6.07) is 15.6. The monoisotopic (exact) mass is 884 g/mol. The van der Waals surface area contributed by atoms with E-state index in [2.05, 4.69) is 40.1 Å². The van der Waals surface area contributed by atoms with Gasteiger partial charge in [-0.25, -0.2) is 26.4 Å². The fourth-order valence-electron chi connectivity index (χ4n) is 3.70. The standard InChI is InChI=1S/C16H16Cl2N2O4S.C8H8BrNO2.C8H9Cl2NO2S/c1-3-25(22,23)20(15-7-12(17)6-13(18)8-15)10-14-5-4-11(9-19-14)16(21)24-2;1-12-8(11)6-2-3-7(4-9)10-5-6;1-2-14(12,13)11-8-4-6(9)3-7(10)5-8/h4-9H,3,10H2,1-2H3;2-3,5H,4H2,1H3;3-5,11H,2H2,1H3. The van der Waals surface area contributed by atoms with Crippen molar-refractivity contribution in [2.24, 2.45) is 0 Å². The van der Waals surface area contributed by atoms with Crippen molar-refractivity contribution in [3.63, 3.8) is 0 Å². The molecule has 0 aliphatic heterocycles. The number of methoxy groups -OCH3 is 2. The molecule has 2 heterocycles. The van der Waals surface area contributed by atoms with Crippen LogP contribution in [0.4, 0.5) is 11.4 Å². The predicted molar refractivity (Wildman–Crippen MR) is 205 cm³/mol. The summed E-state index contributed by atoms with van der Waals surface area (Å²) in [4.78, 5) is 30.5. The number of esters is 2. The molecule has 0 aliphatic carbocycles. The Balaban J connectivity index is 0.000000292. The molecular weight excluding hydrogens is 854 g/mol. The number of nitrogens with one attached hydrogen (secondary N) is 1. The number of alkyl halides is 1. The van der Waals surface area contributed by atoms with E-state index in [-0.39, 0.29) is 29.6 Å². The quantitative estimate of drug-likeness (QED) is 0.115. The molecule has 0 bridgehead atoms. The Morgan fingerprint density at radius 3 is 1.55 bits per heavy atom. The van der Waals surface area contributed by atoms with Gasteiger partial charge in [-0.1, -0.05) is 62.3 Å². The molecular formula is C32H33BrCl4N4O8S2. The highest BCUT2D eigenvalue weighted by Gasteiger charge is 2.22. The molecule has 276 valence electrons. The highest BCUT2D eigenvalue weighted by atomic mass is 79.9. The largest absolute Gasteiger partial charge is 0.465 e. The van der Waals surface area contributed by atoms with Crippen molar-refractivity contribution >= 4 is 106 Å². The van der Waals surface area contributed by atoms with Crippen LogP contribution in [-0.4, -0.2) is 64.5 Å². The molecule has 0 radical (unpaired) electrons. The summed E-state index contributed by atoms with van der Waals surface area (Å²) >= 11 is 26.6. The molecule has 1 N–H and O–H groups in total. The molecule has 2 aromatic carbocycles. The highest BCUT2D eigenvalue weighted by molar-refractivity contribution is 9.08. The number of hydrogen-bond donors (Lipinski definition) is 1. The Morgan fingerprint density at radius 2 is 1.18 bits per heavy atom. The molecule has 51 heavy (non-hydrogen) atoms. The molecule has 0 saturated carbocycles.